The number of hydrogen-bond acceptors (Lipinski definition) is 3. The molecule has 0 aromatic carbocycles. The molecule has 2 aromatic heterocycles. The van der Waals surface area contributed by atoms with E-state index in [2.05, 4.69) is 15.7 Å². The zero-order valence-electron chi connectivity index (χ0n) is 12.2. The first-order chi connectivity index (χ1) is 10.2. The van der Waals surface area contributed by atoms with Gasteiger partial charge in [-0.05, 0) is 37.7 Å². The molecule has 0 aliphatic heterocycles. The van der Waals surface area contributed by atoms with Gasteiger partial charge in [0.2, 0.25) is 0 Å². The second-order valence-electron chi connectivity index (χ2n) is 5.80. The van der Waals surface area contributed by atoms with Gasteiger partial charge in [-0.2, -0.15) is 0 Å². The second kappa shape index (κ2) is 5.76. The maximum atomic E-state index is 11.0. The lowest BCUT2D eigenvalue weighted by atomic mass is 9.82. The monoisotopic (exact) mass is 288 g/mol. The molecule has 2 aromatic rings. The molecular formula is C16H20N2O3. The molecule has 0 bridgehead atoms. The highest BCUT2D eigenvalue weighted by Gasteiger charge is 2.26. The van der Waals surface area contributed by atoms with Crippen LogP contribution < -0.4 is 4.74 Å². The van der Waals surface area contributed by atoms with Gasteiger partial charge < -0.3 is 14.4 Å². The lowest BCUT2D eigenvalue weighted by Crippen LogP contribution is -2.23. The van der Waals surface area contributed by atoms with Gasteiger partial charge in [0.25, 0.3) is 0 Å². The molecule has 1 fully saturated rings. The second-order valence-corrected chi connectivity index (χ2v) is 5.80. The standard InChI is InChI=1S/C16H20N2O3/c1-21-13-8-15-14(17-9-13)6-7-18(15)10-11-2-4-12(5-3-11)16(19)20/h6-9,11-12H,2-5,10H2,1H3,(H,19,20)/t11-,12-. The SMILES string of the molecule is COc1cnc2ccn(C[C@H]3CC[C@H](C(=O)O)CC3)c2c1. The van der Waals surface area contributed by atoms with E-state index in [-0.39, 0.29) is 5.92 Å². The normalized spacial score (nSPS) is 22.3. The van der Waals surface area contributed by atoms with E-state index < -0.39 is 5.97 Å². The summed E-state index contributed by atoms with van der Waals surface area (Å²) in [5.41, 5.74) is 2.05. The number of aliphatic carboxylic acids is 1. The van der Waals surface area contributed by atoms with Gasteiger partial charge in [0.15, 0.2) is 0 Å². The van der Waals surface area contributed by atoms with Crippen molar-refractivity contribution in [2.75, 3.05) is 7.11 Å². The minimum absolute atomic E-state index is 0.149. The van der Waals surface area contributed by atoms with Crippen molar-refractivity contribution in [2.45, 2.75) is 32.2 Å². The third-order valence-electron chi connectivity index (χ3n) is 4.48. The van der Waals surface area contributed by atoms with Crippen molar-refractivity contribution >= 4 is 17.0 Å². The molecule has 5 heteroatoms. The Balaban J connectivity index is 1.72. The number of hydrogen-bond donors (Lipinski definition) is 1. The molecule has 0 atom stereocenters. The van der Waals surface area contributed by atoms with Gasteiger partial charge in [0.1, 0.15) is 5.75 Å². The lowest BCUT2D eigenvalue weighted by molar-refractivity contribution is -0.143. The van der Waals surface area contributed by atoms with E-state index >= 15 is 0 Å². The third-order valence-corrected chi connectivity index (χ3v) is 4.48. The van der Waals surface area contributed by atoms with Crippen LogP contribution in [0.1, 0.15) is 25.7 Å². The number of aromatic nitrogens is 2. The molecule has 0 unspecified atom stereocenters. The van der Waals surface area contributed by atoms with Gasteiger partial charge in [0, 0.05) is 18.8 Å². The number of rotatable bonds is 4. The van der Waals surface area contributed by atoms with Crippen LogP contribution in [0.2, 0.25) is 0 Å². The fraction of sp³-hybridized carbons (Fsp3) is 0.500. The van der Waals surface area contributed by atoms with Crippen molar-refractivity contribution in [3.8, 4) is 5.75 Å². The molecule has 21 heavy (non-hydrogen) atoms. The van der Waals surface area contributed by atoms with Crippen LogP contribution >= 0.6 is 0 Å². The molecule has 2 heterocycles. The number of pyridine rings is 1. The summed E-state index contributed by atoms with van der Waals surface area (Å²) in [6.07, 6.45) is 7.33. The molecule has 1 aliphatic carbocycles. The van der Waals surface area contributed by atoms with Gasteiger partial charge in [-0.1, -0.05) is 0 Å². The van der Waals surface area contributed by atoms with Gasteiger partial charge in [-0.15, -0.1) is 0 Å². The molecular weight excluding hydrogens is 268 g/mol. The molecule has 1 N–H and O–H groups in total. The maximum absolute atomic E-state index is 11.0. The number of nitrogens with zero attached hydrogens (tertiary/aromatic N) is 2. The van der Waals surface area contributed by atoms with E-state index in [9.17, 15) is 4.79 Å². The molecule has 0 radical (unpaired) electrons. The summed E-state index contributed by atoms with van der Waals surface area (Å²) >= 11 is 0. The summed E-state index contributed by atoms with van der Waals surface area (Å²) in [5.74, 6) is 0.512. The van der Waals surface area contributed by atoms with Crippen molar-refractivity contribution in [3.63, 3.8) is 0 Å². The third kappa shape index (κ3) is 2.86. The summed E-state index contributed by atoms with van der Waals surface area (Å²) in [5, 5.41) is 9.05. The fourth-order valence-corrected chi connectivity index (χ4v) is 3.19. The fourth-order valence-electron chi connectivity index (χ4n) is 3.19. The Morgan fingerprint density at radius 3 is 2.86 bits per heavy atom. The molecule has 5 nitrogen and oxygen atoms in total. The topological polar surface area (TPSA) is 64.4 Å². The highest BCUT2D eigenvalue weighted by Crippen LogP contribution is 2.31. The largest absolute Gasteiger partial charge is 0.495 e. The van der Waals surface area contributed by atoms with Crippen LogP contribution in [0.25, 0.3) is 11.0 Å². The first-order valence-corrected chi connectivity index (χ1v) is 7.39. The molecule has 0 amide bonds. The number of methoxy groups -OCH3 is 1. The van der Waals surface area contributed by atoms with E-state index in [0.717, 1.165) is 49.0 Å². The summed E-state index contributed by atoms with van der Waals surface area (Å²) in [4.78, 5) is 15.4. The van der Waals surface area contributed by atoms with Crippen molar-refractivity contribution < 1.29 is 14.6 Å². The predicted octanol–water partition coefficient (Wildman–Crippen LogP) is 2.94. The molecule has 1 aliphatic rings. The van der Waals surface area contributed by atoms with Gasteiger partial charge in [0.05, 0.1) is 30.3 Å². The number of ether oxygens (including phenoxy) is 1. The van der Waals surface area contributed by atoms with E-state index in [1.54, 1.807) is 13.3 Å². The minimum atomic E-state index is -0.645. The first-order valence-electron chi connectivity index (χ1n) is 7.39. The Labute approximate surface area is 123 Å². The summed E-state index contributed by atoms with van der Waals surface area (Å²) in [6.45, 7) is 0.921. The number of fused-ring (bicyclic) bond motifs is 1. The zero-order chi connectivity index (χ0) is 14.8. The smallest absolute Gasteiger partial charge is 0.306 e. The average Bonchev–Trinajstić information content (AvgIpc) is 2.90. The van der Waals surface area contributed by atoms with E-state index in [4.69, 9.17) is 9.84 Å². The predicted molar refractivity (Wildman–Crippen MR) is 79.4 cm³/mol. The molecule has 3 rings (SSSR count). The quantitative estimate of drug-likeness (QED) is 0.939. The molecule has 112 valence electrons. The average molecular weight is 288 g/mol. The zero-order valence-corrected chi connectivity index (χ0v) is 12.2. The van der Waals surface area contributed by atoms with Gasteiger partial charge in [-0.3, -0.25) is 9.78 Å². The Bertz CT molecular complexity index is 642. The summed E-state index contributed by atoms with van der Waals surface area (Å²) in [7, 11) is 1.64. The summed E-state index contributed by atoms with van der Waals surface area (Å²) < 4.78 is 7.44. The Morgan fingerprint density at radius 1 is 1.43 bits per heavy atom. The maximum Gasteiger partial charge on any atom is 0.306 e. The van der Waals surface area contributed by atoms with Crippen molar-refractivity contribution in [3.05, 3.63) is 24.5 Å². The molecule has 0 saturated heterocycles. The summed E-state index contributed by atoms with van der Waals surface area (Å²) in [6, 6.07) is 4.02. The van der Waals surface area contributed by atoms with E-state index in [1.165, 1.54) is 0 Å². The van der Waals surface area contributed by atoms with Crippen LogP contribution in [-0.2, 0) is 11.3 Å². The van der Waals surface area contributed by atoms with Gasteiger partial charge >= 0.3 is 5.97 Å². The van der Waals surface area contributed by atoms with Gasteiger partial charge in [-0.25, -0.2) is 0 Å². The van der Waals surface area contributed by atoms with Crippen LogP contribution in [0.15, 0.2) is 24.5 Å². The Hall–Kier alpha value is -2.04. The molecule has 0 spiro atoms. The number of carboxylic acids is 1. The van der Waals surface area contributed by atoms with Crippen molar-refractivity contribution in [1.29, 1.82) is 0 Å². The van der Waals surface area contributed by atoms with Crippen LogP contribution in [0.5, 0.6) is 5.75 Å². The van der Waals surface area contributed by atoms with Crippen LogP contribution in [0.3, 0.4) is 0 Å². The van der Waals surface area contributed by atoms with Crippen LogP contribution in [0, 0.1) is 11.8 Å². The van der Waals surface area contributed by atoms with E-state index in [0.29, 0.717) is 5.92 Å². The van der Waals surface area contributed by atoms with Crippen molar-refractivity contribution in [2.24, 2.45) is 11.8 Å². The molecule has 1 saturated carbocycles. The first kappa shape index (κ1) is 13.9. The minimum Gasteiger partial charge on any atom is -0.495 e. The highest BCUT2D eigenvalue weighted by atomic mass is 16.5. The highest BCUT2D eigenvalue weighted by molar-refractivity contribution is 5.77. The van der Waals surface area contributed by atoms with Crippen LogP contribution in [-0.4, -0.2) is 27.7 Å². The lowest BCUT2D eigenvalue weighted by Gasteiger charge is -2.26. The number of carboxylic acid groups (broad SMARTS) is 1. The van der Waals surface area contributed by atoms with Crippen molar-refractivity contribution in [1.82, 2.24) is 9.55 Å². The van der Waals surface area contributed by atoms with Crippen LogP contribution in [0.4, 0.5) is 0 Å². The number of carbonyl (C=O) groups is 1. The Kier molecular flexibility index (Phi) is 3.82. The van der Waals surface area contributed by atoms with E-state index in [1.807, 2.05) is 12.1 Å². The Morgan fingerprint density at radius 2 is 2.19 bits per heavy atom.